The first kappa shape index (κ1) is 8.19. The Morgan fingerprint density at radius 2 is 1.82 bits per heavy atom. The molecule has 0 radical (unpaired) electrons. The second-order valence-corrected chi connectivity index (χ2v) is 2.82. The van der Waals surface area contributed by atoms with E-state index in [2.05, 4.69) is 46.5 Å². The van der Waals surface area contributed by atoms with E-state index in [9.17, 15) is 0 Å². The summed E-state index contributed by atoms with van der Waals surface area (Å²) >= 11 is 0. The van der Waals surface area contributed by atoms with Crippen molar-refractivity contribution >= 4 is 26.7 Å². The molecule has 0 bridgehead atoms. The van der Waals surface area contributed by atoms with Crippen LogP contribution in [0.3, 0.4) is 0 Å². The minimum atomic E-state index is 1.03. The summed E-state index contributed by atoms with van der Waals surface area (Å²) in [5.74, 6) is 0. The zero-order valence-corrected chi connectivity index (χ0v) is 7.22. The van der Waals surface area contributed by atoms with Crippen molar-refractivity contribution in [2.24, 2.45) is 0 Å². The molecule has 0 aromatic heterocycles. The average Bonchev–Trinajstić information content (AvgIpc) is 2.05. The fourth-order valence-corrected chi connectivity index (χ4v) is 0.993. The minimum absolute atomic E-state index is 1.03. The highest BCUT2D eigenvalue weighted by Gasteiger charge is 1.93. The van der Waals surface area contributed by atoms with Gasteiger partial charge in [-0.25, -0.2) is 0 Å². The quantitative estimate of drug-likeness (QED) is 0.510. The molecule has 54 valence electrons. The van der Waals surface area contributed by atoms with E-state index in [4.69, 9.17) is 0 Å². The standard InChI is InChI=1S/C9H12B2/c1-7(6-10)8-2-4-9(11)5-3-8/h2-5H,1,6,10-11H2. The van der Waals surface area contributed by atoms with Gasteiger partial charge in [-0.05, 0) is 5.56 Å². The molecule has 0 aliphatic carbocycles. The molecule has 0 N–H and O–H groups in total. The molecule has 0 fully saturated rings. The molecule has 1 rings (SSSR count). The van der Waals surface area contributed by atoms with Gasteiger partial charge in [-0.2, -0.15) is 0 Å². The summed E-state index contributed by atoms with van der Waals surface area (Å²) in [6.45, 7) is 3.97. The van der Waals surface area contributed by atoms with Crippen LogP contribution in [0, 0.1) is 0 Å². The largest absolute Gasteiger partial charge is 0.139 e. The van der Waals surface area contributed by atoms with Crippen molar-refractivity contribution in [2.45, 2.75) is 6.32 Å². The molecule has 2 heteroatoms. The van der Waals surface area contributed by atoms with Gasteiger partial charge >= 0.3 is 0 Å². The number of hydrogen-bond donors (Lipinski definition) is 0. The summed E-state index contributed by atoms with van der Waals surface area (Å²) in [7, 11) is 4.22. The molecular formula is C9H12B2. The Morgan fingerprint density at radius 1 is 1.27 bits per heavy atom. The van der Waals surface area contributed by atoms with Crippen LogP contribution in [0.5, 0.6) is 0 Å². The minimum Gasteiger partial charge on any atom is -0.0960 e. The van der Waals surface area contributed by atoms with Gasteiger partial charge in [0.15, 0.2) is 0 Å². The molecule has 0 saturated heterocycles. The zero-order valence-electron chi connectivity index (χ0n) is 7.22. The van der Waals surface area contributed by atoms with Crippen LogP contribution < -0.4 is 5.46 Å². The molecule has 1 aromatic rings. The summed E-state index contributed by atoms with van der Waals surface area (Å²) < 4.78 is 0. The lowest BCUT2D eigenvalue weighted by molar-refractivity contribution is 1.60. The molecule has 0 heterocycles. The van der Waals surface area contributed by atoms with Gasteiger partial charge in [0, 0.05) is 0 Å². The maximum absolute atomic E-state index is 3.97. The summed E-state index contributed by atoms with van der Waals surface area (Å²) in [5, 5.41) is 0. The molecule has 0 aliphatic rings. The van der Waals surface area contributed by atoms with E-state index < -0.39 is 0 Å². The van der Waals surface area contributed by atoms with Crippen LogP contribution >= 0.6 is 0 Å². The fraction of sp³-hybridized carbons (Fsp3) is 0.111. The van der Waals surface area contributed by atoms with E-state index in [0.717, 1.165) is 6.32 Å². The van der Waals surface area contributed by atoms with E-state index in [1.54, 1.807) is 0 Å². The third kappa shape index (κ3) is 2.01. The summed E-state index contributed by atoms with van der Waals surface area (Å²) in [4.78, 5) is 0. The van der Waals surface area contributed by atoms with Gasteiger partial charge in [-0.15, -0.1) is 0 Å². The highest BCUT2D eigenvalue weighted by Crippen LogP contribution is 2.12. The third-order valence-corrected chi connectivity index (χ3v) is 1.89. The van der Waals surface area contributed by atoms with Gasteiger partial charge in [0.25, 0.3) is 0 Å². The normalized spacial score (nSPS) is 9.45. The van der Waals surface area contributed by atoms with E-state index in [0.29, 0.717) is 0 Å². The second kappa shape index (κ2) is 3.47. The van der Waals surface area contributed by atoms with Crippen molar-refractivity contribution in [3.8, 4) is 0 Å². The molecule has 0 nitrogen and oxygen atoms in total. The van der Waals surface area contributed by atoms with Gasteiger partial charge in [-0.3, -0.25) is 0 Å². The van der Waals surface area contributed by atoms with Crippen molar-refractivity contribution in [2.75, 3.05) is 0 Å². The number of rotatable bonds is 2. The third-order valence-electron chi connectivity index (χ3n) is 1.89. The lowest BCUT2D eigenvalue weighted by Gasteiger charge is -2.01. The van der Waals surface area contributed by atoms with Crippen molar-refractivity contribution in [3.63, 3.8) is 0 Å². The summed E-state index contributed by atoms with van der Waals surface area (Å²) in [6.07, 6.45) is 1.03. The Hall–Kier alpha value is -0.910. The Labute approximate surface area is 70.1 Å². The van der Waals surface area contributed by atoms with Crippen LogP contribution in [-0.4, -0.2) is 15.7 Å². The van der Waals surface area contributed by atoms with Gasteiger partial charge in [-0.1, -0.05) is 48.2 Å². The predicted octanol–water partition coefficient (Wildman–Crippen LogP) is 0.00960. The Morgan fingerprint density at radius 3 is 2.27 bits per heavy atom. The zero-order chi connectivity index (χ0) is 8.27. The van der Waals surface area contributed by atoms with Gasteiger partial charge < -0.3 is 0 Å². The van der Waals surface area contributed by atoms with Crippen LogP contribution in [0.2, 0.25) is 6.32 Å². The van der Waals surface area contributed by atoms with Crippen molar-refractivity contribution in [1.29, 1.82) is 0 Å². The molecule has 0 unspecified atom stereocenters. The molecule has 11 heavy (non-hydrogen) atoms. The SMILES string of the molecule is BCC(=C)c1ccc(B)cc1. The second-order valence-electron chi connectivity index (χ2n) is 2.82. The van der Waals surface area contributed by atoms with Gasteiger partial charge in [0.2, 0.25) is 0 Å². The molecule has 0 aliphatic heterocycles. The Kier molecular flexibility index (Phi) is 2.58. The Bertz CT molecular complexity index is 249. The summed E-state index contributed by atoms with van der Waals surface area (Å²) in [5.41, 5.74) is 3.78. The molecule has 1 aromatic carbocycles. The maximum Gasteiger partial charge on any atom is 0.139 e. The van der Waals surface area contributed by atoms with Crippen molar-refractivity contribution in [1.82, 2.24) is 0 Å². The van der Waals surface area contributed by atoms with E-state index >= 15 is 0 Å². The van der Waals surface area contributed by atoms with E-state index in [1.807, 2.05) is 0 Å². The van der Waals surface area contributed by atoms with Gasteiger partial charge in [0.1, 0.15) is 15.7 Å². The molecule has 0 amide bonds. The first-order valence-corrected chi connectivity index (χ1v) is 3.99. The number of benzene rings is 1. The summed E-state index contributed by atoms with van der Waals surface area (Å²) in [6, 6.07) is 8.49. The smallest absolute Gasteiger partial charge is 0.0960 e. The van der Waals surface area contributed by atoms with Crippen LogP contribution in [-0.2, 0) is 0 Å². The predicted molar refractivity (Wildman–Crippen MR) is 57.0 cm³/mol. The van der Waals surface area contributed by atoms with Crippen molar-refractivity contribution in [3.05, 3.63) is 36.4 Å². The number of allylic oxidation sites excluding steroid dienone is 1. The fourth-order valence-electron chi connectivity index (χ4n) is 0.993. The first-order valence-electron chi connectivity index (χ1n) is 3.99. The first-order chi connectivity index (χ1) is 5.24. The van der Waals surface area contributed by atoms with Crippen LogP contribution in [0.25, 0.3) is 5.57 Å². The van der Waals surface area contributed by atoms with Crippen LogP contribution in [0.15, 0.2) is 30.8 Å². The van der Waals surface area contributed by atoms with E-state index in [1.165, 1.54) is 16.6 Å². The average molecular weight is 142 g/mol. The lowest BCUT2D eigenvalue weighted by atomic mass is 9.89. The van der Waals surface area contributed by atoms with Crippen LogP contribution in [0.4, 0.5) is 0 Å². The van der Waals surface area contributed by atoms with E-state index in [-0.39, 0.29) is 0 Å². The van der Waals surface area contributed by atoms with Gasteiger partial charge in [0.05, 0.1) is 0 Å². The topological polar surface area (TPSA) is 0 Å². The molecule has 0 atom stereocenters. The number of hydrogen-bond acceptors (Lipinski definition) is 0. The molecular weight excluding hydrogens is 130 g/mol. The molecule has 0 saturated carbocycles. The monoisotopic (exact) mass is 142 g/mol. The maximum atomic E-state index is 3.97. The molecule has 0 spiro atoms. The van der Waals surface area contributed by atoms with Crippen molar-refractivity contribution < 1.29 is 0 Å². The highest BCUT2D eigenvalue weighted by atomic mass is 14.0. The highest BCUT2D eigenvalue weighted by molar-refractivity contribution is 6.32. The lowest BCUT2D eigenvalue weighted by Crippen LogP contribution is -1.99. The van der Waals surface area contributed by atoms with Crippen LogP contribution in [0.1, 0.15) is 5.56 Å². The Balaban J connectivity index is 2.90.